The summed E-state index contributed by atoms with van der Waals surface area (Å²) in [7, 11) is 1.59. The van der Waals surface area contributed by atoms with Gasteiger partial charge in [0.1, 0.15) is 17.3 Å². The first-order chi connectivity index (χ1) is 11.1. The monoisotopic (exact) mass is 338 g/mol. The lowest BCUT2D eigenvalue weighted by molar-refractivity contribution is 0.191. The minimum atomic E-state index is -0.320. The molecule has 0 fully saturated rings. The molecule has 1 aromatic carbocycles. The van der Waals surface area contributed by atoms with Gasteiger partial charge in [-0.2, -0.15) is 0 Å². The predicted molar refractivity (Wildman–Crippen MR) is 92.0 cm³/mol. The molecule has 6 heteroatoms. The second-order valence-electron chi connectivity index (χ2n) is 5.35. The van der Waals surface area contributed by atoms with Crippen LogP contribution in [-0.4, -0.2) is 38.0 Å². The summed E-state index contributed by atoms with van der Waals surface area (Å²) in [5.74, 6) is 2.29. The van der Waals surface area contributed by atoms with Crippen molar-refractivity contribution in [1.82, 2.24) is 10.6 Å². The van der Waals surface area contributed by atoms with Crippen molar-refractivity contribution in [2.24, 2.45) is 0 Å². The zero-order valence-electron chi connectivity index (χ0n) is 13.4. The molecule has 0 radical (unpaired) electrons. The van der Waals surface area contributed by atoms with Gasteiger partial charge in [-0.05, 0) is 37.3 Å². The van der Waals surface area contributed by atoms with E-state index in [1.54, 1.807) is 14.0 Å². The van der Waals surface area contributed by atoms with Crippen molar-refractivity contribution in [3.8, 4) is 17.1 Å². The molecular formula is C17H23ClN2O3. The molecule has 0 saturated carbocycles. The van der Waals surface area contributed by atoms with E-state index in [-0.39, 0.29) is 6.10 Å². The Morgan fingerprint density at radius 2 is 2.00 bits per heavy atom. The third-order valence-electron chi connectivity index (χ3n) is 3.32. The van der Waals surface area contributed by atoms with Crippen LogP contribution in [0.5, 0.6) is 5.75 Å². The molecule has 1 atom stereocenters. The van der Waals surface area contributed by atoms with Crippen molar-refractivity contribution in [2.75, 3.05) is 26.7 Å². The van der Waals surface area contributed by atoms with Crippen molar-refractivity contribution in [3.05, 3.63) is 41.1 Å². The third kappa shape index (κ3) is 5.55. The van der Waals surface area contributed by atoms with Gasteiger partial charge in [0.25, 0.3) is 0 Å². The number of furan rings is 1. The Morgan fingerprint density at radius 1 is 1.22 bits per heavy atom. The topological polar surface area (TPSA) is 66.7 Å². The van der Waals surface area contributed by atoms with Crippen molar-refractivity contribution < 1.29 is 14.3 Å². The second kappa shape index (κ2) is 8.93. The summed E-state index contributed by atoms with van der Waals surface area (Å²) in [6, 6.07) is 9.45. The van der Waals surface area contributed by atoms with Crippen LogP contribution in [-0.2, 0) is 6.54 Å². The minimum Gasteiger partial charge on any atom is -0.495 e. The molecular weight excluding hydrogens is 316 g/mol. The van der Waals surface area contributed by atoms with E-state index in [4.69, 9.17) is 25.9 Å². The highest BCUT2D eigenvalue weighted by Crippen LogP contribution is 2.30. The average molecular weight is 339 g/mol. The molecule has 0 aliphatic carbocycles. The van der Waals surface area contributed by atoms with Gasteiger partial charge < -0.3 is 24.9 Å². The van der Waals surface area contributed by atoms with Crippen LogP contribution in [0.2, 0.25) is 5.02 Å². The maximum absolute atomic E-state index is 9.14. The van der Waals surface area contributed by atoms with E-state index in [0.717, 1.165) is 30.2 Å². The number of aliphatic hydroxyl groups excluding tert-OH is 1. The Bertz CT molecular complexity index is 614. The summed E-state index contributed by atoms with van der Waals surface area (Å²) in [5, 5.41) is 16.1. The Labute approximate surface area is 141 Å². The Morgan fingerprint density at radius 3 is 2.70 bits per heavy atom. The summed E-state index contributed by atoms with van der Waals surface area (Å²) < 4.78 is 11.0. The summed E-state index contributed by atoms with van der Waals surface area (Å²) in [6.45, 7) is 4.62. The number of halogens is 1. The zero-order chi connectivity index (χ0) is 16.7. The Hall–Kier alpha value is -1.53. The molecule has 0 bridgehead atoms. The molecule has 1 heterocycles. The normalized spacial score (nSPS) is 12.3. The van der Waals surface area contributed by atoms with Gasteiger partial charge in [-0.3, -0.25) is 0 Å². The van der Waals surface area contributed by atoms with E-state index in [0.29, 0.717) is 23.9 Å². The van der Waals surface area contributed by atoms with Gasteiger partial charge >= 0.3 is 0 Å². The van der Waals surface area contributed by atoms with E-state index in [1.807, 2.05) is 30.3 Å². The molecule has 0 spiro atoms. The first-order valence-electron chi connectivity index (χ1n) is 7.62. The number of benzene rings is 1. The lowest BCUT2D eigenvalue weighted by Crippen LogP contribution is -2.31. The molecule has 1 unspecified atom stereocenters. The first kappa shape index (κ1) is 17.8. The number of hydrogen-bond acceptors (Lipinski definition) is 5. The summed E-state index contributed by atoms with van der Waals surface area (Å²) in [6.07, 6.45) is -0.320. The van der Waals surface area contributed by atoms with Crippen molar-refractivity contribution >= 4 is 11.6 Å². The maximum Gasteiger partial charge on any atom is 0.137 e. The number of methoxy groups -OCH3 is 1. The van der Waals surface area contributed by atoms with Gasteiger partial charge in [0.2, 0.25) is 0 Å². The van der Waals surface area contributed by atoms with Crippen LogP contribution in [0.25, 0.3) is 11.3 Å². The average Bonchev–Trinajstić information content (AvgIpc) is 2.99. The van der Waals surface area contributed by atoms with Crippen molar-refractivity contribution in [2.45, 2.75) is 19.6 Å². The summed E-state index contributed by atoms with van der Waals surface area (Å²) in [5.41, 5.74) is 0.917. The smallest absolute Gasteiger partial charge is 0.137 e. The molecule has 5 nitrogen and oxygen atoms in total. The number of nitrogens with one attached hydrogen (secondary N) is 2. The van der Waals surface area contributed by atoms with E-state index in [2.05, 4.69) is 10.6 Å². The number of aliphatic hydroxyl groups is 1. The van der Waals surface area contributed by atoms with Gasteiger partial charge in [-0.1, -0.05) is 11.6 Å². The molecule has 0 aliphatic rings. The van der Waals surface area contributed by atoms with Gasteiger partial charge in [0, 0.05) is 25.2 Å². The van der Waals surface area contributed by atoms with E-state index < -0.39 is 0 Å². The molecule has 0 aliphatic heterocycles. The first-order valence-corrected chi connectivity index (χ1v) is 8.00. The van der Waals surface area contributed by atoms with Crippen LogP contribution in [0.15, 0.2) is 34.7 Å². The minimum absolute atomic E-state index is 0.320. The summed E-state index contributed by atoms with van der Waals surface area (Å²) in [4.78, 5) is 0. The highest BCUT2D eigenvalue weighted by atomic mass is 35.5. The predicted octanol–water partition coefficient (Wildman–Crippen LogP) is 2.67. The van der Waals surface area contributed by atoms with Gasteiger partial charge in [-0.25, -0.2) is 0 Å². The molecule has 23 heavy (non-hydrogen) atoms. The lowest BCUT2D eigenvalue weighted by atomic mass is 10.2. The van der Waals surface area contributed by atoms with Crippen LogP contribution in [0, 0.1) is 0 Å². The molecule has 126 valence electrons. The molecule has 2 aromatic rings. The maximum atomic E-state index is 9.14. The van der Waals surface area contributed by atoms with E-state index in [1.165, 1.54) is 0 Å². The van der Waals surface area contributed by atoms with Crippen LogP contribution < -0.4 is 15.4 Å². The SMILES string of the molecule is COc1ccc(-c2ccc(CNCCNCC(C)O)o2)cc1Cl. The fourth-order valence-corrected chi connectivity index (χ4v) is 2.40. The van der Waals surface area contributed by atoms with Gasteiger partial charge in [0.15, 0.2) is 0 Å². The van der Waals surface area contributed by atoms with Crippen molar-refractivity contribution in [1.29, 1.82) is 0 Å². The second-order valence-corrected chi connectivity index (χ2v) is 5.75. The third-order valence-corrected chi connectivity index (χ3v) is 3.61. The van der Waals surface area contributed by atoms with Crippen LogP contribution in [0.4, 0.5) is 0 Å². The van der Waals surface area contributed by atoms with Gasteiger partial charge in [-0.15, -0.1) is 0 Å². The Balaban J connectivity index is 1.82. The molecule has 0 amide bonds. The van der Waals surface area contributed by atoms with E-state index >= 15 is 0 Å². The molecule has 1 aromatic heterocycles. The zero-order valence-corrected chi connectivity index (χ0v) is 14.2. The van der Waals surface area contributed by atoms with Crippen LogP contribution >= 0.6 is 11.6 Å². The summed E-state index contributed by atoms with van der Waals surface area (Å²) >= 11 is 6.14. The largest absolute Gasteiger partial charge is 0.495 e. The molecule has 0 saturated heterocycles. The highest BCUT2D eigenvalue weighted by Gasteiger charge is 2.08. The number of rotatable bonds is 9. The van der Waals surface area contributed by atoms with Crippen LogP contribution in [0.1, 0.15) is 12.7 Å². The number of ether oxygens (including phenoxy) is 1. The van der Waals surface area contributed by atoms with Crippen molar-refractivity contribution in [3.63, 3.8) is 0 Å². The van der Waals surface area contributed by atoms with Gasteiger partial charge in [0.05, 0.1) is 24.8 Å². The number of hydrogen-bond donors (Lipinski definition) is 3. The fraction of sp³-hybridized carbons (Fsp3) is 0.412. The quantitative estimate of drug-likeness (QED) is 0.613. The standard InChI is InChI=1S/C17H23ClN2O3/c1-12(21)10-19-7-8-20-11-14-4-6-16(23-14)13-3-5-17(22-2)15(18)9-13/h3-6,9,12,19-21H,7-8,10-11H2,1-2H3. The van der Waals surface area contributed by atoms with E-state index in [9.17, 15) is 0 Å². The fourth-order valence-electron chi connectivity index (χ4n) is 2.15. The highest BCUT2D eigenvalue weighted by molar-refractivity contribution is 6.32. The molecule has 2 rings (SSSR count). The Kier molecular flexibility index (Phi) is 6.92. The lowest BCUT2D eigenvalue weighted by Gasteiger charge is -2.07. The van der Waals surface area contributed by atoms with Crippen LogP contribution in [0.3, 0.4) is 0 Å². The molecule has 3 N–H and O–H groups in total.